The van der Waals surface area contributed by atoms with Crippen LogP contribution in [0.2, 0.25) is 0 Å². The van der Waals surface area contributed by atoms with E-state index in [-0.39, 0.29) is 41.8 Å². The van der Waals surface area contributed by atoms with E-state index in [1.54, 1.807) is 48.5 Å². The van der Waals surface area contributed by atoms with Gasteiger partial charge in [-0.1, -0.05) is 59.7 Å². The lowest BCUT2D eigenvalue weighted by molar-refractivity contribution is -0.145. The third kappa shape index (κ3) is 9.69. The number of nitrogens with zero attached hydrogens (tertiary/aromatic N) is 3. The van der Waals surface area contributed by atoms with Gasteiger partial charge in [-0.05, 0) is 49.4 Å². The lowest BCUT2D eigenvalue weighted by Crippen LogP contribution is -2.62. The first kappa shape index (κ1) is 38.8. The van der Waals surface area contributed by atoms with Gasteiger partial charge in [-0.2, -0.15) is 8.78 Å². The molecule has 1 aliphatic carbocycles. The van der Waals surface area contributed by atoms with Gasteiger partial charge in [-0.25, -0.2) is 4.98 Å². The Morgan fingerprint density at radius 3 is 2.25 bits per heavy atom. The molecule has 0 aromatic carbocycles. The molecule has 2 aliphatic rings. The van der Waals surface area contributed by atoms with Crippen LogP contribution in [0.25, 0.3) is 0 Å². The van der Waals surface area contributed by atoms with Crippen molar-refractivity contribution >= 4 is 47.1 Å². The van der Waals surface area contributed by atoms with Gasteiger partial charge in [0.25, 0.3) is 23.4 Å². The molecule has 48 heavy (non-hydrogen) atoms. The number of hydrogen-bond acceptors (Lipinski definition) is 9. The van der Waals surface area contributed by atoms with Crippen LogP contribution in [0.5, 0.6) is 0 Å². The van der Waals surface area contributed by atoms with E-state index in [0.29, 0.717) is 12.8 Å². The van der Waals surface area contributed by atoms with Crippen LogP contribution >= 0.6 is 11.8 Å². The van der Waals surface area contributed by atoms with Gasteiger partial charge in [0.05, 0.1) is 6.20 Å². The van der Waals surface area contributed by atoms with Crippen molar-refractivity contribution in [3.05, 3.63) is 24.3 Å². The van der Waals surface area contributed by atoms with Gasteiger partial charge >= 0.3 is 0 Å². The topological polar surface area (TPSA) is 180 Å². The highest BCUT2D eigenvalue weighted by molar-refractivity contribution is 8.01. The van der Waals surface area contributed by atoms with Crippen molar-refractivity contribution in [2.24, 2.45) is 23.2 Å². The molecule has 1 saturated carbocycles. The molecule has 1 saturated heterocycles. The van der Waals surface area contributed by atoms with Crippen molar-refractivity contribution in [1.29, 1.82) is 0 Å². The second-order valence-electron chi connectivity index (χ2n) is 13.8. The molecule has 0 radical (unpaired) electrons. The van der Waals surface area contributed by atoms with E-state index in [1.165, 1.54) is 23.5 Å². The van der Waals surface area contributed by atoms with E-state index in [2.05, 4.69) is 31.2 Å². The molecular weight excluding hydrogens is 648 g/mol. The Morgan fingerprint density at radius 1 is 1.00 bits per heavy atom. The summed E-state index contributed by atoms with van der Waals surface area (Å²) in [5, 5.41) is 8.37. The summed E-state index contributed by atoms with van der Waals surface area (Å²) in [6.07, 6.45) is 6.64. The number of amides is 5. The number of alkyl halides is 2. The van der Waals surface area contributed by atoms with Crippen LogP contribution in [0.1, 0.15) is 84.6 Å². The normalized spacial score (nSPS) is 21.6. The molecule has 5 amide bonds. The Bertz CT molecular complexity index is 1350. The summed E-state index contributed by atoms with van der Waals surface area (Å²) in [6.45, 7) is 12.3. The van der Waals surface area contributed by atoms with Gasteiger partial charge < -0.3 is 26.2 Å². The summed E-state index contributed by atoms with van der Waals surface area (Å²) in [7, 11) is 0. The van der Waals surface area contributed by atoms with Gasteiger partial charge in [0.15, 0.2) is 0 Å². The Kier molecular flexibility index (Phi) is 13.4. The molecule has 4 N–H and O–H groups in total. The van der Waals surface area contributed by atoms with E-state index < -0.39 is 76.0 Å². The van der Waals surface area contributed by atoms with Gasteiger partial charge in [0, 0.05) is 25.0 Å². The maximum Gasteiger partial charge on any atom is 0.290 e. The van der Waals surface area contributed by atoms with Crippen molar-refractivity contribution < 1.29 is 37.5 Å². The van der Waals surface area contributed by atoms with Gasteiger partial charge in [0.1, 0.15) is 29.2 Å². The number of likely N-dealkylation sites (tertiary alicyclic amines) is 1. The summed E-state index contributed by atoms with van der Waals surface area (Å²) >= 11 is -0.158. The smallest absolute Gasteiger partial charge is 0.290 e. The first-order chi connectivity index (χ1) is 22.5. The van der Waals surface area contributed by atoms with Gasteiger partial charge in [-0.3, -0.25) is 33.8 Å². The molecule has 2 heterocycles. The molecule has 266 valence electrons. The summed E-state index contributed by atoms with van der Waals surface area (Å²) in [4.78, 5) is 89.3. The zero-order chi connectivity index (χ0) is 35.9. The quantitative estimate of drug-likeness (QED) is 0.168. The molecule has 1 aromatic heterocycles. The number of thioether (sulfide) groups is 1. The second kappa shape index (κ2) is 16.6. The van der Waals surface area contributed by atoms with Crippen LogP contribution in [0.3, 0.4) is 0 Å². The lowest BCUT2D eigenvalue weighted by atomic mass is 9.85. The highest BCUT2D eigenvalue weighted by Crippen LogP contribution is 2.43. The van der Waals surface area contributed by atoms with Crippen LogP contribution in [0, 0.1) is 23.2 Å². The number of hydrogen-bond donors (Lipinski definition) is 4. The van der Waals surface area contributed by atoms with Crippen molar-refractivity contribution in [2.75, 3.05) is 6.54 Å². The Labute approximate surface area is 283 Å². The average Bonchev–Trinajstić information content (AvgIpc) is 3.62. The molecule has 2 unspecified atom stereocenters. The zero-order valence-corrected chi connectivity index (χ0v) is 29.2. The molecule has 0 spiro atoms. The minimum atomic E-state index is -3.07. The molecule has 1 aliphatic heterocycles. The van der Waals surface area contributed by atoms with Crippen LogP contribution in [0.15, 0.2) is 18.6 Å². The number of carbonyl (C=O) groups is 6. The van der Waals surface area contributed by atoms with Crippen LogP contribution in [0.4, 0.5) is 8.78 Å². The first-order valence-corrected chi connectivity index (χ1v) is 17.2. The predicted octanol–water partition coefficient (Wildman–Crippen LogP) is 2.27. The Morgan fingerprint density at radius 2 is 1.69 bits per heavy atom. The molecule has 13 nitrogen and oxygen atoms in total. The fourth-order valence-electron chi connectivity index (χ4n) is 6.08. The number of nitrogens with one attached hydrogen (secondary N) is 4. The molecule has 2 fully saturated rings. The fraction of sp³-hybridized carbons (Fsp3) is 0.688. The fourth-order valence-corrected chi connectivity index (χ4v) is 6.70. The van der Waals surface area contributed by atoms with Crippen LogP contribution < -0.4 is 21.3 Å². The Hall–Kier alpha value is -3.69. The maximum absolute atomic E-state index is 14.3. The monoisotopic (exact) mass is 695 g/mol. The van der Waals surface area contributed by atoms with E-state index >= 15 is 0 Å². The van der Waals surface area contributed by atoms with Crippen molar-refractivity contribution in [3.63, 3.8) is 0 Å². The zero-order valence-electron chi connectivity index (χ0n) is 28.4. The Balaban J connectivity index is 1.86. The summed E-state index contributed by atoms with van der Waals surface area (Å²) in [5.74, 6) is -8.76. The van der Waals surface area contributed by atoms with E-state index in [1.807, 2.05) is 0 Å². The van der Waals surface area contributed by atoms with Crippen molar-refractivity contribution in [3.8, 4) is 0 Å². The largest absolute Gasteiger partial charge is 0.347 e. The number of rotatable bonds is 14. The van der Waals surface area contributed by atoms with E-state index in [0.717, 1.165) is 12.8 Å². The first-order valence-electron chi connectivity index (χ1n) is 16.2. The third-order valence-electron chi connectivity index (χ3n) is 8.84. The van der Waals surface area contributed by atoms with Crippen LogP contribution in [-0.4, -0.2) is 92.0 Å². The van der Waals surface area contributed by atoms with Crippen molar-refractivity contribution in [1.82, 2.24) is 36.1 Å². The number of carbonyl (C=O) groups excluding carboxylic acids is 6. The number of aromatic nitrogens is 2. The van der Waals surface area contributed by atoms with Gasteiger partial charge in [-0.15, -0.1) is 0 Å². The van der Waals surface area contributed by atoms with E-state index in [9.17, 15) is 37.5 Å². The highest BCUT2D eigenvalue weighted by Gasteiger charge is 2.52. The predicted molar refractivity (Wildman–Crippen MR) is 174 cm³/mol. The van der Waals surface area contributed by atoms with E-state index in [4.69, 9.17) is 0 Å². The standard InChI is InChI=1S/C32H47F2N7O6S/c1-8-17(4)37-28(46)23(42)29(48-31(33)34)40-27(45)22-19-11-9-10-18(19)15-41(22)30(47)24(32(5,6)7)39-26(44)21(16(2)3)38-25(43)20-14-35-12-13-36-20/h12-14,16-19,21-22,24,29,31H,8-11,15H2,1-7H3,(H,37,46)(H,38,43)(H,39,44)(H,40,45)/t17-,18-,19-,21?,22-,24+,29?/m0/s1. The number of ketones is 1. The highest BCUT2D eigenvalue weighted by atomic mass is 32.2. The SMILES string of the molecule is CC[C@H](C)NC(=O)C(=O)C(NC(=O)[C@@H]1[C@H]2CCC[C@H]2CN1C(=O)[C@@H](NC(=O)C(NC(=O)c1cnccn1)C(C)C)C(C)(C)C)SC(F)F. The minimum absolute atomic E-state index is 0.0102. The molecule has 1 aromatic rings. The van der Waals surface area contributed by atoms with Crippen LogP contribution in [-0.2, 0) is 24.0 Å². The number of halogens is 2. The lowest BCUT2D eigenvalue weighted by Gasteiger charge is -2.37. The second-order valence-corrected chi connectivity index (χ2v) is 14.9. The summed E-state index contributed by atoms with van der Waals surface area (Å²) in [6, 6.07) is -3.70. The molecular formula is C32H47F2N7O6S. The third-order valence-corrected chi connectivity index (χ3v) is 9.65. The molecule has 3 rings (SSSR count). The number of Topliss-reactive ketones (excluding diaryl/α,β-unsaturated/α-hetero) is 1. The minimum Gasteiger partial charge on any atom is -0.347 e. The number of fused-ring (bicyclic) bond motifs is 1. The summed E-state index contributed by atoms with van der Waals surface area (Å²) < 4.78 is 27.1. The molecule has 16 heteroatoms. The van der Waals surface area contributed by atoms with Crippen molar-refractivity contribution in [2.45, 2.75) is 109 Å². The molecule has 0 bridgehead atoms. The molecule has 7 atom stereocenters. The van der Waals surface area contributed by atoms with Gasteiger partial charge in [0.2, 0.25) is 17.7 Å². The maximum atomic E-state index is 14.3. The average molecular weight is 696 g/mol. The summed E-state index contributed by atoms with van der Waals surface area (Å²) in [5.41, 5.74) is -0.851.